The fourth-order valence-electron chi connectivity index (χ4n) is 3.60. The molecule has 8 nitrogen and oxygen atoms in total. The van der Waals surface area contributed by atoms with Crippen LogP contribution in [0, 0.1) is 6.92 Å². The zero-order valence-electron chi connectivity index (χ0n) is 18.4. The Labute approximate surface area is 200 Å². The van der Waals surface area contributed by atoms with Crippen LogP contribution in [0.2, 0.25) is 0 Å². The normalized spacial score (nSPS) is 11.0. The van der Waals surface area contributed by atoms with Gasteiger partial charge in [0, 0.05) is 40.3 Å². The molecular formula is C25H21N7OS. The molecule has 168 valence electrons. The van der Waals surface area contributed by atoms with Crippen LogP contribution in [0.3, 0.4) is 0 Å². The van der Waals surface area contributed by atoms with Crippen LogP contribution in [0.25, 0.3) is 22.3 Å². The average molecular weight is 468 g/mol. The molecule has 34 heavy (non-hydrogen) atoms. The van der Waals surface area contributed by atoms with Gasteiger partial charge >= 0.3 is 0 Å². The average Bonchev–Trinajstić information content (AvgIpc) is 3.42. The highest BCUT2D eigenvalue weighted by atomic mass is 32.2. The van der Waals surface area contributed by atoms with E-state index in [1.807, 2.05) is 66.5 Å². The molecular weight excluding hydrogens is 446 g/mol. The maximum atomic E-state index is 11.6. The minimum absolute atomic E-state index is 0.251. The third kappa shape index (κ3) is 4.60. The van der Waals surface area contributed by atoms with Gasteiger partial charge in [-0.25, -0.2) is 9.97 Å². The van der Waals surface area contributed by atoms with E-state index in [9.17, 15) is 4.79 Å². The number of carbonyl (C=O) groups excluding carboxylic acids is 1. The van der Waals surface area contributed by atoms with Crippen LogP contribution < -0.4 is 5.32 Å². The van der Waals surface area contributed by atoms with Gasteiger partial charge in [-0.05, 0) is 43.3 Å². The van der Waals surface area contributed by atoms with Crippen molar-refractivity contribution < 1.29 is 4.79 Å². The first-order valence-electron chi connectivity index (χ1n) is 10.6. The number of fused-ring (bicyclic) bond motifs is 1. The van der Waals surface area contributed by atoms with Crippen LogP contribution >= 0.6 is 11.8 Å². The van der Waals surface area contributed by atoms with Crippen molar-refractivity contribution in [3.63, 3.8) is 0 Å². The zero-order chi connectivity index (χ0) is 23.5. The van der Waals surface area contributed by atoms with Gasteiger partial charge in [0.05, 0.1) is 24.1 Å². The van der Waals surface area contributed by atoms with Crippen molar-refractivity contribution in [3.8, 4) is 11.1 Å². The Balaban J connectivity index is 1.43. The van der Waals surface area contributed by atoms with Gasteiger partial charge in [-0.15, -0.1) is 0 Å². The molecule has 5 aromatic rings. The van der Waals surface area contributed by atoms with Gasteiger partial charge < -0.3 is 10.3 Å². The molecule has 0 unspecified atom stereocenters. The van der Waals surface area contributed by atoms with E-state index in [1.165, 1.54) is 17.8 Å². The van der Waals surface area contributed by atoms with Crippen molar-refractivity contribution in [3.05, 3.63) is 91.3 Å². The van der Waals surface area contributed by atoms with E-state index >= 15 is 0 Å². The smallest absolute Gasteiger partial charge is 0.247 e. The molecule has 0 aliphatic rings. The van der Waals surface area contributed by atoms with Crippen LogP contribution in [-0.2, 0) is 11.3 Å². The van der Waals surface area contributed by atoms with E-state index in [-0.39, 0.29) is 5.91 Å². The predicted molar refractivity (Wildman–Crippen MR) is 133 cm³/mol. The summed E-state index contributed by atoms with van der Waals surface area (Å²) in [6.07, 6.45) is 8.69. The number of nitrogens with one attached hydrogen (secondary N) is 2. The summed E-state index contributed by atoms with van der Waals surface area (Å²) in [5.41, 5.74) is 5.98. The van der Waals surface area contributed by atoms with Gasteiger partial charge in [-0.3, -0.25) is 14.5 Å². The zero-order valence-corrected chi connectivity index (χ0v) is 19.2. The molecule has 0 saturated carbocycles. The fraction of sp³-hybridized carbons (Fsp3) is 0.0800. The maximum Gasteiger partial charge on any atom is 0.247 e. The second-order valence-electron chi connectivity index (χ2n) is 7.58. The van der Waals surface area contributed by atoms with Crippen molar-refractivity contribution in [1.82, 2.24) is 29.7 Å². The van der Waals surface area contributed by atoms with E-state index in [2.05, 4.69) is 31.9 Å². The van der Waals surface area contributed by atoms with Crippen molar-refractivity contribution >= 4 is 34.5 Å². The molecule has 1 aromatic carbocycles. The number of carbonyl (C=O) groups is 1. The van der Waals surface area contributed by atoms with Crippen LogP contribution in [0.5, 0.6) is 0 Å². The van der Waals surface area contributed by atoms with E-state index in [1.54, 1.807) is 12.4 Å². The van der Waals surface area contributed by atoms with E-state index < -0.39 is 0 Å². The molecule has 0 atom stereocenters. The summed E-state index contributed by atoms with van der Waals surface area (Å²) >= 11 is 1.48. The standard InChI is InChI=1S/C25H21N7OS/c1-3-22(33)29-17-8-6-9-19(11-17)34-23-13-28-25-24(30-23)20(12-27-25)21-15-32(31-16(21)2)14-18-7-4-5-10-26-18/h3-13,15H,1,14H2,2H3,(H,27,28)(H,29,33). The lowest BCUT2D eigenvalue weighted by molar-refractivity contribution is -0.111. The van der Waals surface area contributed by atoms with Crippen molar-refractivity contribution in [2.75, 3.05) is 5.32 Å². The molecule has 0 aliphatic heterocycles. The molecule has 0 fully saturated rings. The van der Waals surface area contributed by atoms with Crippen LogP contribution in [-0.4, -0.2) is 35.6 Å². The molecule has 1 amide bonds. The number of H-pyrrole nitrogens is 1. The first-order valence-corrected chi connectivity index (χ1v) is 11.4. The van der Waals surface area contributed by atoms with Gasteiger partial charge in [0.25, 0.3) is 0 Å². The summed E-state index contributed by atoms with van der Waals surface area (Å²) in [4.78, 5) is 29.5. The van der Waals surface area contributed by atoms with Crippen LogP contribution in [0.15, 0.2) is 89.8 Å². The van der Waals surface area contributed by atoms with Gasteiger partial charge in [0.2, 0.25) is 5.91 Å². The molecule has 9 heteroatoms. The number of hydrogen-bond donors (Lipinski definition) is 2. The Kier molecular flexibility index (Phi) is 5.92. The highest BCUT2D eigenvalue weighted by Gasteiger charge is 2.15. The lowest BCUT2D eigenvalue weighted by atomic mass is 10.1. The molecule has 0 bridgehead atoms. The monoisotopic (exact) mass is 467 g/mol. The van der Waals surface area contributed by atoms with Crippen LogP contribution in [0.4, 0.5) is 5.69 Å². The predicted octanol–water partition coefficient (Wildman–Crippen LogP) is 4.85. The third-order valence-electron chi connectivity index (χ3n) is 5.15. The third-order valence-corrected chi connectivity index (χ3v) is 6.05. The highest BCUT2D eigenvalue weighted by molar-refractivity contribution is 7.99. The number of hydrogen-bond acceptors (Lipinski definition) is 6. The SMILES string of the molecule is C=CC(=O)Nc1cccc(Sc2cnc3[nH]cc(-c4cn(Cc5ccccn5)nc4C)c3n2)c1. The Bertz CT molecular complexity index is 1490. The molecule has 4 aromatic heterocycles. The summed E-state index contributed by atoms with van der Waals surface area (Å²) in [5.74, 6) is -0.251. The number of nitrogens with zero attached hydrogens (tertiary/aromatic N) is 5. The topological polar surface area (TPSA) is 101 Å². The minimum atomic E-state index is -0.251. The van der Waals surface area contributed by atoms with Crippen LogP contribution in [0.1, 0.15) is 11.4 Å². The lowest BCUT2D eigenvalue weighted by Crippen LogP contribution is -2.06. The summed E-state index contributed by atoms with van der Waals surface area (Å²) in [6, 6.07) is 13.4. The number of aromatic nitrogens is 6. The number of aryl methyl sites for hydroxylation is 1. The first-order chi connectivity index (χ1) is 16.6. The van der Waals surface area contributed by atoms with Gasteiger partial charge in [-0.2, -0.15) is 5.10 Å². The summed E-state index contributed by atoms with van der Waals surface area (Å²) in [5, 5.41) is 8.19. The second kappa shape index (κ2) is 9.32. The largest absolute Gasteiger partial charge is 0.344 e. The van der Waals surface area contributed by atoms with Crippen molar-refractivity contribution in [2.45, 2.75) is 23.4 Å². The van der Waals surface area contributed by atoms with E-state index in [4.69, 9.17) is 4.98 Å². The van der Waals surface area contributed by atoms with E-state index in [0.29, 0.717) is 17.9 Å². The summed E-state index contributed by atoms with van der Waals surface area (Å²) in [7, 11) is 0. The molecule has 5 rings (SSSR count). The van der Waals surface area contributed by atoms with Gasteiger partial charge in [0.15, 0.2) is 5.65 Å². The molecule has 0 aliphatic carbocycles. The Hall–Kier alpha value is -4.24. The lowest BCUT2D eigenvalue weighted by Gasteiger charge is -2.05. The Morgan fingerprint density at radius 1 is 1.21 bits per heavy atom. The quantitative estimate of drug-likeness (QED) is 0.332. The molecule has 2 N–H and O–H groups in total. The Morgan fingerprint density at radius 3 is 2.94 bits per heavy atom. The minimum Gasteiger partial charge on any atom is -0.344 e. The number of pyridine rings is 1. The van der Waals surface area contributed by atoms with Gasteiger partial charge in [0.1, 0.15) is 10.5 Å². The van der Waals surface area contributed by atoms with Crippen molar-refractivity contribution in [1.29, 1.82) is 0 Å². The van der Waals surface area contributed by atoms with Crippen molar-refractivity contribution in [2.24, 2.45) is 0 Å². The van der Waals surface area contributed by atoms with Gasteiger partial charge in [-0.1, -0.05) is 30.5 Å². The number of benzene rings is 1. The number of anilines is 1. The highest BCUT2D eigenvalue weighted by Crippen LogP contribution is 2.32. The maximum absolute atomic E-state index is 11.6. The molecule has 0 saturated heterocycles. The fourth-order valence-corrected chi connectivity index (χ4v) is 4.42. The van der Waals surface area contributed by atoms with E-state index in [0.717, 1.165) is 38.0 Å². The first kappa shape index (κ1) is 21.6. The number of amides is 1. The number of rotatable bonds is 7. The summed E-state index contributed by atoms with van der Waals surface area (Å²) in [6.45, 7) is 6.06. The number of aromatic amines is 1. The Morgan fingerprint density at radius 2 is 2.12 bits per heavy atom. The molecule has 4 heterocycles. The summed E-state index contributed by atoms with van der Waals surface area (Å²) < 4.78 is 1.89. The molecule has 0 spiro atoms. The second-order valence-corrected chi connectivity index (χ2v) is 8.67. The molecule has 0 radical (unpaired) electrons.